The Hall–Kier alpha value is -1.03. The van der Waals surface area contributed by atoms with E-state index in [9.17, 15) is 4.79 Å². The van der Waals surface area contributed by atoms with E-state index < -0.39 is 0 Å². The Kier molecular flexibility index (Phi) is 3.72. The van der Waals surface area contributed by atoms with Gasteiger partial charge in [-0.15, -0.1) is 5.10 Å². The highest BCUT2D eigenvalue weighted by atomic mass is 127. The maximum atomic E-state index is 11.9. The van der Waals surface area contributed by atoms with Gasteiger partial charge in [-0.3, -0.25) is 10.1 Å². The summed E-state index contributed by atoms with van der Waals surface area (Å²) in [6, 6.07) is 5.50. The number of amides is 1. The minimum atomic E-state index is -0.275. The number of anilines is 1. The highest BCUT2D eigenvalue weighted by Gasteiger charge is 2.12. The largest absolute Gasteiger partial charge is 0.288 e. The van der Waals surface area contributed by atoms with Crippen LogP contribution in [0.3, 0.4) is 0 Å². The number of aromatic nitrogens is 4. The van der Waals surface area contributed by atoms with E-state index in [1.54, 1.807) is 13.1 Å². The molecule has 1 heterocycles. The van der Waals surface area contributed by atoms with Gasteiger partial charge >= 0.3 is 0 Å². The Morgan fingerprint density at radius 1 is 1.53 bits per heavy atom. The van der Waals surface area contributed by atoms with Crippen LogP contribution in [0.15, 0.2) is 22.7 Å². The van der Waals surface area contributed by atoms with Gasteiger partial charge in [0.2, 0.25) is 0 Å². The summed E-state index contributed by atoms with van der Waals surface area (Å²) in [7, 11) is 1.63. The summed E-state index contributed by atoms with van der Waals surface area (Å²) in [6.07, 6.45) is 0. The van der Waals surface area contributed by atoms with Crippen molar-refractivity contribution in [3.63, 3.8) is 0 Å². The maximum absolute atomic E-state index is 11.9. The molecular formula is C9H7BrIN5O. The van der Waals surface area contributed by atoms with Crippen molar-refractivity contribution in [2.75, 3.05) is 5.32 Å². The molecule has 1 amide bonds. The first kappa shape index (κ1) is 12.4. The predicted octanol–water partition coefficient (Wildman–Crippen LogP) is 1.83. The number of tetrazole rings is 1. The van der Waals surface area contributed by atoms with Gasteiger partial charge in [0.25, 0.3) is 11.9 Å². The topological polar surface area (TPSA) is 72.7 Å². The predicted molar refractivity (Wildman–Crippen MR) is 73.6 cm³/mol. The Morgan fingerprint density at radius 3 is 2.94 bits per heavy atom. The molecule has 1 aromatic heterocycles. The first-order valence-corrected chi connectivity index (χ1v) is 6.44. The Labute approximate surface area is 119 Å². The molecule has 0 saturated heterocycles. The minimum Gasteiger partial charge on any atom is -0.288 e. The van der Waals surface area contributed by atoms with Gasteiger partial charge in [-0.25, -0.2) is 0 Å². The lowest BCUT2D eigenvalue weighted by atomic mass is 10.2. The molecule has 2 aromatic rings. The fourth-order valence-corrected chi connectivity index (χ4v) is 2.09. The molecule has 0 aliphatic rings. The normalized spacial score (nSPS) is 10.3. The second-order valence-corrected chi connectivity index (χ2v) is 5.28. The van der Waals surface area contributed by atoms with Gasteiger partial charge in [-0.1, -0.05) is 5.10 Å². The van der Waals surface area contributed by atoms with Crippen molar-refractivity contribution < 1.29 is 4.79 Å². The number of nitrogens with one attached hydrogen (secondary N) is 1. The number of rotatable bonds is 2. The molecule has 0 aliphatic carbocycles. The van der Waals surface area contributed by atoms with Crippen molar-refractivity contribution in [2.45, 2.75) is 0 Å². The van der Waals surface area contributed by atoms with E-state index in [0.29, 0.717) is 5.56 Å². The first-order valence-electron chi connectivity index (χ1n) is 4.56. The van der Waals surface area contributed by atoms with Gasteiger partial charge in [0.1, 0.15) is 0 Å². The van der Waals surface area contributed by atoms with E-state index in [1.807, 2.05) is 12.1 Å². The zero-order chi connectivity index (χ0) is 12.4. The number of aryl methyl sites for hydroxylation is 1. The molecule has 17 heavy (non-hydrogen) atoms. The smallest absolute Gasteiger partial charge is 0.270 e. The van der Waals surface area contributed by atoms with E-state index in [-0.39, 0.29) is 11.9 Å². The Balaban J connectivity index is 2.22. The number of benzene rings is 1. The standard InChI is InChI=1S/C9H7BrIN5O/c1-16-14-9(13-15-16)12-8(17)6-4-5(11)2-3-7(6)10/h2-4H,1H3,(H,12,14,17). The molecule has 2 rings (SSSR count). The van der Waals surface area contributed by atoms with Crippen LogP contribution < -0.4 is 5.32 Å². The molecule has 1 aromatic carbocycles. The van der Waals surface area contributed by atoms with Crippen LogP contribution in [0.4, 0.5) is 5.95 Å². The fraction of sp³-hybridized carbons (Fsp3) is 0.111. The van der Waals surface area contributed by atoms with E-state index >= 15 is 0 Å². The van der Waals surface area contributed by atoms with Crippen LogP contribution in [0.2, 0.25) is 0 Å². The highest BCUT2D eigenvalue weighted by Crippen LogP contribution is 2.20. The van der Waals surface area contributed by atoms with Crippen LogP contribution in [-0.4, -0.2) is 26.1 Å². The van der Waals surface area contributed by atoms with E-state index in [0.717, 1.165) is 8.04 Å². The lowest BCUT2D eigenvalue weighted by Crippen LogP contribution is -2.14. The van der Waals surface area contributed by atoms with Gasteiger partial charge in [0.05, 0.1) is 12.6 Å². The number of hydrogen-bond acceptors (Lipinski definition) is 4. The lowest BCUT2D eigenvalue weighted by molar-refractivity contribution is 0.102. The second kappa shape index (κ2) is 5.08. The summed E-state index contributed by atoms with van der Waals surface area (Å²) in [5.74, 6) is -0.0911. The van der Waals surface area contributed by atoms with Crippen LogP contribution in [0, 0.1) is 3.57 Å². The fourth-order valence-electron chi connectivity index (χ4n) is 1.17. The average Bonchev–Trinajstić information content (AvgIpc) is 2.67. The summed E-state index contributed by atoms with van der Waals surface area (Å²) in [4.78, 5) is 13.2. The minimum absolute atomic E-state index is 0.184. The molecule has 0 bridgehead atoms. The van der Waals surface area contributed by atoms with Crippen LogP contribution in [0.5, 0.6) is 0 Å². The summed E-state index contributed by atoms with van der Waals surface area (Å²) in [5.41, 5.74) is 0.532. The van der Waals surface area contributed by atoms with E-state index in [1.165, 1.54) is 4.80 Å². The van der Waals surface area contributed by atoms with Gasteiger partial charge in [-0.2, -0.15) is 4.80 Å². The van der Waals surface area contributed by atoms with Crippen molar-refractivity contribution in [3.05, 3.63) is 31.8 Å². The molecule has 0 aliphatic heterocycles. The summed E-state index contributed by atoms with van der Waals surface area (Å²) in [6.45, 7) is 0. The molecule has 6 nitrogen and oxygen atoms in total. The number of carbonyl (C=O) groups excluding carboxylic acids is 1. The number of carbonyl (C=O) groups is 1. The number of halogens is 2. The SMILES string of the molecule is Cn1nnc(NC(=O)c2cc(I)ccc2Br)n1. The average molecular weight is 408 g/mol. The monoisotopic (exact) mass is 407 g/mol. The van der Waals surface area contributed by atoms with Crippen LogP contribution in [0.25, 0.3) is 0 Å². The highest BCUT2D eigenvalue weighted by molar-refractivity contribution is 14.1. The third-order valence-electron chi connectivity index (χ3n) is 1.91. The third-order valence-corrected chi connectivity index (χ3v) is 3.27. The van der Waals surface area contributed by atoms with Crippen molar-refractivity contribution >= 4 is 50.4 Å². The van der Waals surface area contributed by atoms with Crippen LogP contribution >= 0.6 is 38.5 Å². The molecule has 0 radical (unpaired) electrons. The van der Waals surface area contributed by atoms with Crippen LogP contribution in [-0.2, 0) is 7.05 Å². The number of nitrogens with zero attached hydrogens (tertiary/aromatic N) is 4. The van der Waals surface area contributed by atoms with Crippen LogP contribution in [0.1, 0.15) is 10.4 Å². The molecule has 0 fully saturated rings. The zero-order valence-electron chi connectivity index (χ0n) is 8.69. The molecule has 0 spiro atoms. The molecule has 8 heteroatoms. The van der Waals surface area contributed by atoms with Crippen molar-refractivity contribution in [2.24, 2.45) is 7.05 Å². The summed E-state index contributed by atoms with van der Waals surface area (Å²) in [5, 5.41) is 13.8. The van der Waals surface area contributed by atoms with E-state index in [2.05, 4.69) is 59.2 Å². The quantitative estimate of drug-likeness (QED) is 0.771. The van der Waals surface area contributed by atoms with Crippen molar-refractivity contribution in [3.8, 4) is 0 Å². The molecule has 0 unspecified atom stereocenters. The molecule has 88 valence electrons. The van der Waals surface area contributed by atoms with Crippen molar-refractivity contribution in [1.29, 1.82) is 0 Å². The van der Waals surface area contributed by atoms with E-state index in [4.69, 9.17) is 0 Å². The summed E-state index contributed by atoms with van der Waals surface area (Å²) >= 11 is 5.47. The first-order chi connectivity index (χ1) is 8.06. The zero-order valence-corrected chi connectivity index (χ0v) is 12.4. The summed E-state index contributed by atoms with van der Waals surface area (Å²) < 4.78 is 1.70. The molecule has 0 saturated carbocycles. The maximum Gasteiger partial charge on any atom is 0.270 e. The van der Waals surface area contributed by atoms with Gasteiger partial charge in [0, 0.05) is 8.04 Å². The Bertz CT molecular complexity index is 570. The second-order valence-electron chi connectivity index (χ2n) is 3.18. The van der Waals surface area contributed by atoms with Gasteiger partial charge < -0.3 is 0 Å². The van der Waals surface area contributed by atoms with Gasteiger partial charge in [-0.05, 0) is 61.9 Å². The number of hydrogen-bond donors (Lipinski definition) is 1. The Morgan fingerprint density at radius 2 is 2.29 bits per heavy atom. The molecular weight excluding hydrogens is 401 g/mol. The lowest BCUT2D eigenvalue weighted by Gasteiger charge is -2.03. The van der Waals surface area contributed by atoms with Crippen molar-refractivity contribution in [1.82, 2.24) is 20.2 Å². The van der Waals surface area contributed by atoms with Gasteiger partial charge in [0.15, 0.2) is 0 Å². The third kappa shape index (κ3) is 3.00. The molecule has 0 atom stereocenters. The molecule has 1 N–H and O–H groups in total.